The lowest BCUT2D eigenvalue weighted by Gasteiger charge is -2.28. The van der Waals surface area contributed by atoms with Crippen LogP contribution in [0.5, 0.6) is 0 Å². The molecule has 124 valence electrons. The molecule has 0 aliphatic carbocycles. The zero-order chi connectivity index (χ0) is 16.3. The van der Waals surface area contributed by atoms with E-state index in [1.54, 1.807) is 7.05 Å². The Kier molecular flexibility index (Phi) is 4.74. The van der Waals surface area contributed by atoms with Gasteiger partial charge < -0.3 is 0 Å². The molecule has 2 heterocycles. The molecule has 2 aromatic rings. The van der Waals surface area contributed by atoms with Crippen molar-refractivity contribution in [1.29, 1.82) is 0 Å². The van der Waals surface area contributed by atoms with Crippen molar-refractivity contribution in [1.82, 2.24) is 24.6 Å². The second-order valence-corrected chi connectivity index (χ2v) is 7.43. The van der Waals surface area contributed by atoms with Crippen molar-refractivity contribution in [3.05, 3.63) is 42.1 Å². The molecule has 0 spiro atoms. The summed E-state index contributed by atoms with van der Waals surface area (Å²) in [6, 6.07) is 10.1. The van der Waals surface area contributed by atoms with Gasteiger partial charge in [0.1, 0.15) is 0 Å². The smallest absolute Gasteiger partial charge is 0.259 e. The molecule has 1 aliphatic heterocycles. The number of hydrogen-bond acceptors (Lipinski definition) is 5. The van der Waals surface area contributed by atoms with E-state index in [2.05, 4.69) is 19.9 Å². The van der Waals surface area contributed by atoms with E-state index in [9.17, 15) is 8.42 Å². The maximum atomic E-state index is 12.4. The Morgan fingerprint density at radius 1 is 1.22 bits per heavy atom. The predicted molar refractivity (Wildman–Crippen MR) is 86.2 cm³/mol. The van der Waals surface area contributed by atoms with Crippen LogP contribution in [-0.4, -0.2) is 47.9 Å². The third-order valence-electron chi connectivity index (χ3n) is 4.18. The van der Waals surface area contributed by atoms with Crippen LogP contribution in [0, 0.1) is 0 Å². The second-order valence-electron chi connectivity index (χ2n) is 5.72. The number of likely N-dealkylation sites (tertiary alicyclic amines) is 1. The summed E-state index contributed by atoms with van der Waals surface area (Å²) < 4.78 is 28.8. The summed E-state index contributed by atoms with van der Waals surface area (Å²) in [5.41, 5.74) is 1.13. The van der Waals surface area contributed by atoms with Gasteiger partial charge in [-0.25, -0.2) is 17.8 Å². The molecule has 1 atom stereocenters. The lowest BCUT2D eigenvalue weighted by Crippen LogP contribution is -2.37. The van der Waals surface area contributed by atoms with Crippen molar-refractivity contribution >= 4 is 10.0 Å². The molecule has 1 aliphatic rings. The van der Waals surface area contributed by atoms with E-state index in [0.717, 1.165) is 31.5 Å². The first-order valence-corrected chi connectivity index (χ1v) is 9.19. The third-order valence-corrected chi connectivity index (χ3v) is 5.65. The molecule has 1 aromatic carbocycles. The van der Waals surface area contributed by atoms with Crippen LogP contribution >= 0.6 is 0 Å². The summed E-state index contributed by atoms with van der Waals surface area (Å²) in [6.07, 6.45) is 3.57. The molecule has 23 heavy (non-hydrogen) atoms. The van der Waals surface area contributed by atoms with Gasteiger partial charge in [-0.1, -0.05) is 35.5 Å². The van der Waals surface area contributed by atoms with Gasteiger partial charge in [0.2, 0.25) is 0 Å². The SMILES string of the molecule is Cn1nncc1S(=O)(=O)NC[C@@H](c1ccccc1)N1CCCC1. The van der Waals surface area contributed by atoms with E-state index in [-0.39, 0.29) is 11.1 Å². The summed E-state index contributed by atoms with van der Waals surface area (Å²) in [5, 5.41) is 7.39. The first kappa shape index (κ1) is 16.1. The van der Waals surface area contributed by atoms with Gasteiger partial charge in [0, 0.05) is 19.6 Å². The lowest BCUT2D eigenvalue weighted by molar-refractivity contribution is 0.246. The number of aryl methyl sites for hydroxylation is 1. The molecule has 1 aromatic heterocycles. The van der Waals surface area contributed by atoms with Crippen LogP contribution in [0.4, 0.5) is 0 Å². The maximum Gasteiger partial charge on any atom is 0.259 e. The molecule has 1 saturated heterocycles. The number of benzene rings is 1. The average Bonchev–Trinajstić information content (AvgIpc) is 3.20. The summed E-state index contributed by atoms with van der Waals surface area (Å²) >= 11 is 0. The van der Waals surface area contributed by atoms with Crippen molar-refractivity contribution in [2.24, 2.45) is 7.05 Å². The largest absolute Gasteiger partial charge is 0.295 e. The van der Waals surface area contributed by atoms with E-state index in [1.165, 1.54) is 10.9 Å². The molecular formula is C15H21N5O2S. The topological polar surface area (TPSA) is 80.1 Å². The molecule has 3 rings (SSSR count). The van der Waals surface area contributed by atoms with Gasteiger partial charge in [0.15, 0.2) is 5.03 Å². The zero-order valence-corrected chi connectivity index (χ0v) is 13.9. The number of nitrogens with zero attached hydrogens (tertiary/aromatic N) is 4. The molecule has 0 bridgehead atoms. The van der Waals surface area contributed by atoms with Gasteiger partial charge in [0.05, 0.1) is 6.20 Å². The van der Waals surface area contributed by atoms with Gasteiger partial charge in [-0.3, -0.25) is 4.90 Å². The Bertz CT molecular complexity index is 738. The van der Waals surface area contributed by atoms with Gasteiger partial charge in [-0.15, -0.1) is 5.10 Å². The standard InChI is InChI=1S/C15H21N5O2S/c1-19-15(12-16-18-19)23(21,22)17-11-14(20-9-5-6-10-20)13-7-3-2-4-8-13/h2-4,7-8,12,14,17H,5-6,9-11H2,1H3/t14-/m0/s1. The van der Waals surface area contributed by atoms with Crippen LogP contribution in [0.3, 0.4) is 0 Å². The zero-order valence-electron chi connectivity index (χ0n) is 13.1. The minimum Gasteiger partial charge on any atom is -0.295 e. The Balaban J connectivity index is 1.78. The fourth-order valence-electron chi connectivity index (χ4n) is 2.97. The number of aromatic nitrogens is 3. The van der Waals surface area contributed by atoms with E-state index in [1.807, 2.05) is 30.3 Å². The molecule has 1 N–H and O–H groups in total. The first-order valence-electron chi connectivity index (χ1n) is 7.71. The van der Waals surface area contributed by atoms with Crippen LogP contribution in [-0.2, 0) is 17.1 Å². The second kappa shape index (κ2) is 6.77. The van der Waals surface area contributed by atoms with Gasteiger partial charge in [-0.05, 0) is 31.5 Å². The Hall–Kier alpha value is -1.77. The highest BCUT2D eigenvalue weighted by molar-refractivity contribution is 7.89. The van der Waals surface area contributed by atoms with Crippen LogP contribution in [0.15, 0.2) is 41.6 Å². The van der Waals surface area contributed by atoms with Crippen molar-refractivity contribution in [3.63, 3.8) is 0 Å². The number of hydrogen-bond donors (Lipinski definition) is 1. The van der Waals surface area contributed by atoms with Crippen molar-refractivity contribution < 1.29 is 8.42 Å². The van der Waals surface area contributed by atoms with Crippen molar-refractivity contribution in [2.75, 3.05) is 19.6 Å². The van der Waals surface area contributed by atoms with Crippen molar-refractivity contribution in [3.8, 4) is 0 Å². The average molecular weight is 335 g/mol. The minimum absolute atomic E-state index is 0.0367. The van der Waals surface area contributed by atoms with Crippen LogP contribution in [0.2, 0.25) is 0 Å². The lowest BCUT2D eigenvalue weighted by atomic mass is 10.1. The Morgan fingerprint density at radius 2 is 1.91 bits per heavy atom. The molecule has 0 amide bonds. The number of sulfonamides is 1. The van der Waals surface area contributed by atoms with Crippen molar-refractivity contribution in [2.45, 2.75) is 23.9 Å². The third kappa shape index (κ3) is 3.60. The van der Waals surface area contributed by atoms with E-state index in [0.29, 0.717) is 6.54 Å². The normalized spacial score (nSPS) is 17.4. The monoisotopic (exact) mass is 335 g/mol. The van der Waals surface area contributed by atoms with E-state index >= 15 is 0 Å². The predicted octanol–water partition coefficient (Wildman–Crippen LogP) is 0.930. The minimum atomic E-state index is -3.62. The summed E-state index contributed by atoms with van der Waals surface area (Å²) in [7, 11) is -2.05. The molecule has 0 radical (unpaired) electrons. The van der Waals surface area contributed by atoms with Crippen LogP contribution < -0.4 is 4.72 Å². The van der Waals surface area contributed by atoms with E-state index in [4.69, 9.17) is 0 Å². The van der Waals surface area contributed by atoms with Gasteiger partial charge >= 0.3 is 0 Å². The number of nitrogens with one attached hydrogen (secondary N) is 1. The molecule has 0 unspecified atom stereocenters. The van der Waals surface area contributed by atoms with E-state index < -0.39 is 10.0 Å². The highest BCUT2D eigenvalue weighted by Crippen LogP contribution is 2.24. The molecular weight excluding hydrogens is 314 g/mol. The molecule has 7 nitrogen and oxygen atoms in total. The number of rotatable bonds is 6. The molecule has 0 saturated carbocycles. The fourth-order valence-corrected chi connectivity index (χ4v) is 4.07. The summed E-state index contributed by atoms with van der Waals surface area (Å²) in [5.74, 6) is 0. The Labute approximate surface area is 136 Å². The van der Waals surface area contributed by atoms with Crippen LogP contribution in [0.25, 0.3) is 0 Å². The molecule has 1 fully saturated rings. The summed E-state index contributed by atoms with van der Waals surface area (Å²) in [4.78, 5) is 2.33. The highest BCUT2D eigenvalue weighted by Gasteiger charge is 2.26. The van der Waals surface area contributed by atoms with Gasteiger partial charge in [-0.2, -0.15) is 0 Å². The first-order chi connectivity index (χ1) is 11.1. The Morgan fingerprint density at radius 3 is 2.52 bits per heavy atom. The van der Waals surface area contributed by atoms with Gasteiger partial charge in [0.25, 0.3) is 10.0 Å². The highest BCUT2D eigenvalue weighted by atomic mass is 32.2. The fraction of sp³-hybridized carbons (Fsp3) is 0.467. The quantitative estimate of drug-likeness (QED) is 0.849. The molecule has 8 heteroatoms. The summed E-state index contributed by atoms with van der Waals surface area (Å²) in [6.45, 7) is 2.32. The maximum absolute atomic E-state index is 12.4. The van der Waals surface area contributed by atoms with Crippen LogP contribution in [0.1, 0.15) is 24.4 Å².